The lowest BCUT2D eigenvalue weighted by molar-refractivity contribution is 0.246. The molecule has 0 aliphatic heterocycles. The van der Waals surface area contributed by atoms with Crippen molar-refractivity contribution in [1.29, 1.82) is 0 Å². The van der Waals surface area contributed by atoms with Crippen LogP contribution in [0.1, 0.15) is 29.6 Å². The van der Waals surface area contributed by atoms with Crippen molar-refractivity contribution < 1.29 is 13.2 Å². The van der Waals surface area contributed by atoms with Gasteiger partial charge in [0.1, 0.15) is 11.3 Å². The van der Waals surface area contributed by atoms with Crippen LogP contribution in [-0.2, 0) is 22.9 Å². The van der Waals surface area contributed by atoms with E-state index in [-0.39, 0.29) is 16.5 Å². The topological polar surface area (TPSA) is 106 Å². The van der Waals surface area contributed by atoms with E-state index in [4.69, 9.17) is 21.6 Å². The van der Waals surface area contributed by atoms with Gasteiger partial charge in [0.15, 0.2) is 5.65 Å². The second-order valence-corrected chi connectivity index (χ2v) is 10.3. The number of aryl methyl sites for hydroxylation is 3. The van der Waals surface area contributed by atoms with Crippen LogP contribution in [0.25, 0.3) is 16.9 Å². The number of carbonyl (C=O) groups excluding carboxylic acids is 1. The molecule has 0 aliphatic carbocycles. The summed E-state index contributed by atoms with van der Waals surface area (Å²) in [6.07, 6.45) is 1.31. The van der Waals surface area contributed by atoms with Gasteiger partial charge in [-0.2, -0.15) is 0 Å². The van der Waals surface area contributed by atoms with Crippen molar-refractivity contribution in [2.75, 3.05) is 6.54 Å². The third-order valence-electron chi connectivity index (χ3n) is 5.55. The predicted octanol–water partition coefficient (Wildman–Crippen LogP) is 4.48. The summed E-state index contributed by atoms with van der Waals surface area (Å²) >= 11 is 5.84. The molecule has 0 saturated carbocycles. The predicted molar refractivity (Wildman–Crippen MR) is 137 cm³/mol. The molecule has 0 saturated heterocycles. The van der Waals surface area contributed by atoms with Crippen molar-refractivity contribution >= 4 is 38.8 Å². The number of sulfonamides is 1. The number of halogens is 1. The highest BCUT2D eigenvalue weighted by molar-refractivity contribution is 7.90. The van der Waals surface area contributed by atoms with Crippen molar-refractivity contribution in [2.24, 2.45) is 0 Å². The van der Waals surface area contributed by atoms with E-state index in [1.165, 1.54) is 18.2 Å². The fourth-order valence-electron chi connectivity index (χ4n) is 3.90. The monoisotopic (exact) mass is 511 g/mol. The lowest BCUT2D eigenvalue weighted by atomic mass is 10.1. The number of aromatic nitrogens is 3. The molecular formula is C25H26ClN5O3S. The first-order chi connectivity index (χ1) is 16.7. The van der Waals surface area contributed by atoms with E-state index in [1.807, 2.05) is 48.9 Å². The molecule has 0 bridgehead atoms. The number of carbonyl (C=O) groups is 1. The Labute approximate surface area is 209 Å². The first kappa shape index (κ1) is 24.7. The Bertz CT molecular complexity index is 1500. The smallest absolute Gasteiger partial charge is 0.328 e. The number of nitrogens with zero attached hydrogens (tertiary/aromatic N) is 3. The lowest BCUT2D eigenvalue weighted by Crippen LogP contribution is -2.40. The van der Waals surface area contributed by atoms with Crippen LogP contribution in [0.15, 0.2) is 59.5 Å². The number of urea groups is 1. The second-order valence-electron chi connectivity index (χ2n) is 8.20. The Hall–Kier alpha value is -3.43. The van der Waals surface area contributed by atoms with E-state index in [0.717, 1.165) is 45.9 Å². The maximum absolute atomic E-state index is 12.3. The van der Waals surface area contributed by atoms with Gasteiger partial charge in [0.25, 0.3) is 10.0 Å². The molecule has 35 heavy (non-hydrogen) atoms. The summed E-state index contributed by atoms with van der Waals surface area (Å²) in [7, 11) is -4.00. The molecule has 4 aromatic rings. The van der Waals surface area contributed by atoms with Gasteiger partial charge in [0.05, 0.1) is 4.90 Å². The Balaban J connectivity index is 1.41. The lowest BCUT2D eigenvalue weighted by Gasteiger charge is -2.11. The van der Waals surface area contributed by atoms with Crippen LogP contribution in [0.5, 0.6) is 0 Å². The molecule has 2 heterocycles. The number of nitrogens with one attached hydrogen (secondary N) is 2. The molecule has 2 aromatic carbocycles. The highest BCUT2D eigenvalue weighted by Gasteiger charge is 2.18. The number of pyridine rings is 1. The quantitative estimate of drug-likeness (QED) is 0.380. The molecule has 2 amide bonds. The van der Waals surface area contributed by atoms with E-state index < -0.39 is 16.1 Å². The highest BCUT2D eigenvalue weighted by Crippen LogP contribution is 2.24. The Morgan fingerprint density at radius 1 is 1.06 bits per heavy atom. The zero-order valence-corrected chi connectivity index (χ0v) is 21.2. The van der Waals surface area contributed by atoms with E-state index in [0.29, 0.717) is 6.42 Å². The van der Waals surface area contributed by atoms with Crippen LogP contribution >= 0.6 is 11.6 Å². The van der Waals surface area contributed by atoms with Gasteiger partial charge in [-0.15, -0.1) is 0 Å². The maximum atomic E-state index is 12.3. The number of imidazole rings is 1. The molecule has 10 heteroatoms. The summed E-state index contributed by atoms with van der Waals surface area (Å²) in [5.41, 5.74) is 5.74. The molecule has 0 fully saturated rings. The summed E-state index contributed by atoms with van der Waals surface area (Å²) in [6, 6.07) is 14.9. The highest BCUT2D eigenvalue weighted by atomic mass is 35.5. The standard InChI is InChI=1S/C25H26ClN5O3S/c1-4-22-29-23-16(2)14-17(3)28-24(23)31(22)20-10-8-18(9-11-20)12-13-27-25(32)30-35(33,34)21-7-5-6-19(26)15-21/h5-11,14-15H,4,12-13H2,1-3H3,(H2,27,30,32). The number of fused-ring (bicyclic) bond motifs is 1. The summed E-state index contributed by atoms with van der Waals surface area (Å²) in [4.78, 5) is 21.5. The summed E-state index contributed by atoms with van der Waals surface area (Å²) in [5.74, 6) is 0.938. The molecule has 2 aromatic heterocycles. The summed E-state index contributed by atoms with van der Waals surface area (Å²) in [5, 5.41) is 2.85. The Morgan fingerprint density at radius 3 is 2.49 bits per heavy atom. The first-order valence-electron chi connectivity index (χ1n) is 11.2. The molecule has 0 radical (unpaired) electrons. The minimum atomic E-state index is -4.00. The van der Waals surface area contributed by atoms with Crippen LogP contribution in [0.3, 0.4) is 0 Å². The SMILES string of the molecule is CCc1nc2c(C)cc(C)nc2n1-c1ccc(CCNC(=O)NS(=O)(=O)c2cccc(Cl)c2)cc1. The van der Waals surface area contributed by atoms with Crippen molar-refractivity contribution in [3.63, 3.8) is 0 Å². The van der Waals surface area contributed by atoms with E-state index in [9.17, 15) is 13.2 Å². The largest absolute Gasteiger partial charge is 0.337 e. The molecule has 8 nitrogen and oxygen atoms in total. The van der Waals surface area contributed by atoms with E-state index >= 15 is 0 Å². The number of rotatable bonds is 7. The van der Waals surface area contributed by atoms with Gasteiger partial charge in [-0.3, -0.25) is 4.57 Å². The summed E-state index contributed by atoms with van der Waals surface area (Å²) in [6.45, 7) is 6.35. The minimum Gasteiger partial charge on any atom is -0.337 e. The molecule has 0 spiro atoms. The number of amides is 2. The normalized spacial score (nSPS) is 11.5. The van der Waals surface area contributed by atoms with Gasteiger partial charge >= 0.3 is 6.03 Å². The maximum Gasteiger partial charge on any atom is 0.328 e. The van der Waals surface area contributed by atoms with E-state index in [1.54, 1.807) is 6.07 Å². The Morgan fingerprint density at radius 2 is 1.80 bits per heavy atom. The van der Waals surface area contributed by atoms with Crippen molar-refractivity contribution in [1.82, 2.24) is 24.6 Å². The number of hydrogen-bond donors (Lipinski definition) is 2. The van der Waals surface area contributed by atoms with Gasteiger partial charge < -0.3 is 5.32 Å². The second kappa shape index (κ2) is 10.1. The van der Waals surface area contributed by atoms with E-state index in [2.05, 4.69) is 16.8 Å². The third-order valence-corrected chi connectivity index (χ3v) is 7.11. The molecule has 182 valence electrons. The number of hydrogen-bond acceptors (Lipinski definition) is 5. The molecular weight excluding hydrogens is 486 g/mol. The average molecular weight is 512 g/mol. The number of benzene rings is 2. The Kier molecular flexibility index (Phi) is 7.09. The van der Waals surface area contributed by atoms with Crippen molar-refractivity contribution in [2.45, 2.75) is 38.5 Å². The van der Waals surface area contributed by atoms with Crippen LogP contribution < -0.4 is 10.0 Å². The first-order valence-corrected chi connectivity index (χ1v) is 13.0. The third kappa shape index (κ3) is 5.47. The van der Waals surface area contributed by atoms with Gasteiger partial charge in [-0.1, -0.05) is 36.7 Å². The summed E-state index contributed by atoms with van der Waals surface area (Å²) < 4.78 is 28.7. The average Bonchev–Trinajstić information content (AvgIpc) is 3.18. The van der Waals surface area contributed by atoms with Gasteiger partial charge in [0.2, 0.25) is 0 Å². The van der Waals surface area contributed by atoms with Crippen molar-refractivity contribution in [3.05, 3.63) is 82.3 Å². The van der Waals surface area contributed by atoms with Crippen LogP contribution in [-0.4, -0.2) is 35.5 Å². The van der Waals surface area contributed by atoms with Gasteiger partial charge in [-0.25, -0.2) is 27.9 Å². The molecule has 0 unspecified atom stereocenters. The molecule has 0 aliphatic rings. The fourth-order valence-corrected chi connectivity index (χ4v) is 5.13. The molecule has 4 rings (SSSR count). The zero-order chi connectivity index (χ0) is 25.2. The fraction of sp³-hybridized carbons (Fsp3) is 0.240. The van der Waals surface area contributed by atoms with Crippen molar-refractivity contribution in [3.8, 4) is 5.69 Å². The van der Waals surface area contributed by atoms with Gasteiger partial charge in [0, 0.05) is 29.4 Å². The zero-order valence-electron chi connectivity index (χ0n) is 19.7. The molecule has 0 atom stereocenters. The van der Waals surface area contributed by atoms with Gasteiger partial charge in [-0.05, 0) is 67.8 Å². The van der Waals surface area contributed by atoms with Crippen LogP contribution in [0.2, 0.25) is 5.02 Å². The van der Waals surface area contributed by atoms with Crippen LogP contribution in [0, 0.1) is 13.8 Å². The van der Waals surface area contributed by atoms with Crippen LogP contribution in [0.4, 0.5) is 4.79 Å². The molecule has 2 N–H and O–H groups in total. The minimum absolute atomic E-state index is 0.0749.